The molecule has 0 N–H and O–H groups in total. The first kappa shape index (κ1) is 12.8. The summed E-state index contributed by atoms with van der Waals surface area (Å²) >= 11 is 0. The van der Waals surface area contributed by atoms with Crippen LogP contribution in [-0.2, 0) is 0 Å². The average molecular weight is 289 g/mol. The quantitative estimate of drug-likeness (QED) is 0.500. The summed E-state index contributed by atoms with van der Waals surface area (Å²) in [6.07, 6.45) is 5.29. The van der Waals surface area contributed by atoms with E-state index in [4.69, 9.17) is 4.42 Å². The topological polar surface area (TPSA) is 26.0 Å². The van der Waals surface area contributed by atoms with E-state index in [1.807, 2.05) is 42.6 Å². The molecule has 2 heterocycles. The number of aromatic nitrogens is 1. The van der Waals surface area contributed by atoms with E-state index in [1.54, 1.807) is 18.5 Å². The van der Waals surface area contributed by atoms with Crippen molar-refractivity contribution in [2.24, 2.45) is 0 Å². The summed E-state index contributed by atoms with van der Waals surface area (Å²) in [6, 6.07) is 16.4. The van der Waals surface area contributed by atoms with Crippen molar-refractivity contribution in [3.63, 3.8) is 0 Å². The Morgan fingerprint density at radius 1 is 0.864 bits per heavy atom. The average Bonchev–Trinajstić information content (AvgIpc) is 2.99. The molecule has 4 aromatic rings. The largest absolute Gasteiger partial charge is 0.464 e. The van der Waals surface area contributed by atoms with Gasteiger partial charge in [0.1, 0.15) is 11.4 Å². The molecule has 0 amide bonds. The zero-order valence-corrected chi connectivity index (χ0v) is 11.7. The molecule has 0 aliphatic carbocycles. The van der Waals surface area contributed by atoms with Crippen LogP contribution < -0.4 is 0 Å². The third-order valence-corrected chi connectivity index (χ3v) is 3.71. The van der Waals surface area contributed by atoms with Crippen LogP contribution in [0.1, 0.15) is 0 Å². The van der Waals surface area contributed by atoms with Crippen LogP contribution in [0, 0.1) is 5.82 Å². The number of hydrogen-bond acceptors (Lipinski definition) is 2. The summed E-state index contributed by atoms with van der Waals surface area (Å²) in [6.45, 7) is 0. The van der Waals surface area contributed by atoms with Gasteiger partial charge >= 0.3 is 0 Å². The van der Waals surface area contributed by atoms with Gasteiger partial charge in [-0.1, -0.05) is 24.3 Å². The minimum atomic E-state index is -0.243. The molecule has 106 valence electrons. The van der Waals surface area contributed by atoms with Crippen LogP contribution in [0.15, 0.2) is 77.7 Å². The van der Waals surface area contributed by atoms with E-state index in [9.17, 15) is 4.39 Å². The molecule has 2 aromatic carbocycles. The first-order valence-electron chi connectivity index (χ1n) is 6.99. The summed E-state index contributed by atoms with van der Waals surface area (Å²) in [5.74, 6) is -0.243. The third kappa shape index (κ3) is 2.17. The van der Waals surface area contributed by atoms with Gasteiger partial charge in [-0.3, -0.25) is 4.98 Å². The lowest BCUT2D eigenvalue weighted by Gasteiger charge is -2.02. The van der Waals surface area contributed by atoms with Crippen LogP contribution in [0.25, 0.3) is 33.2 Å². The van der Waals surface area contributed by atoms with Crippen LogP contribution >= 0.6 is 0 Å². The SMILES string of the molecule is Fc1cccc(-c2ccc3c(-c4cccnc4)coc3c2)c1. The van der Waals surface area contributed by atoms with Crippen LogP contribution in [0.4, 0.5) is 4.39 Å². The van der Waals surface area contributed by atoms with Gasteiger partial charge in [0.2, 0.25) is 0 Å². The van der Waals surface area contributed by atoms with E-state index in [0.29, 0.717) is 0 Å². The van der Waals surface area contributed by atoms with Gasteiger partial charge in [-0.15, -0.1) is 0 Å². The highest BCUT2D eigenvalue weighted by Gasteiger charge is 2.09. The summed E-state index contributed by atoms with van der Waals surface area (Å²) in [5, 5.41) is 1.02. The standard InChI is InChI=1S/C19H12FNO/c20-16-5-1-3-13(9-16)14-6-7-17-18(12-22-19(17)10-14)15-4-2-8-21-11-15/h1-12H. The molecule has 0 radical (unpaired) electrons. The predicted octanol–water partition coefficient (Wildman–Crippen LogP) is 5.30. The predicted molar refractivity (Wildman–Crippen MR) is 84.8 cm³/mol. The lowest BCUT2D eigenvalue weighted by Crippen LogP contribution is -1.80. The molecule has 0 spiro atoms. The van der Waals surface area contributed by atoms with Crippen molar-refractivity contribution < 1.29 is 8.81 Å². The Morgan fingerprint density at radius 2 is 1.73 bits per heavy atom. The number of nitrogens with zero attached hydrogens (tertiary/aromatic N) is 1. The molecule has 0 bridgehead atoms. The highest BCUT2D eigenvalue weighted by molar-refractivity contribution is 5.95. The maximum absolute atomic E-state index is 13.4. The van der Waals surface area contributed by atoms with Crippen molar-refractivity contribution in [1.82, 2.24) is 4.98 Å². The molecule has 4 rings (SSSR count). The number of halogens is 1. The minimum Gasteiger partial charge on any atom is -0.464 e. The Hall–Kier alpha value is -2.94. The van der Waals surface area contributed by atoms with E-state index in [-0.39, 0.29) is 5.82 Å². The van der Waals surface area contributed by atoms with E-state index in [0.717, 1.165) is 33.2 Å². The molecular weight excluding hydrogens is 277 g/mol. The summed E-state index contributed by atoms with van der Waals surface area (Å²) in [5.41, 5.74) is 4.56. The summed E-state index contributed by atoms with van der Waals surface area (Å²) < 4.78 is 19.0. The van der Waals surface area contributed by atoms with Crippen LogP contribution in [0.2, 0.25) is 0 Å². The fraction of sp³-hybridized carbons (Fsp3) is 0. The lowest BCUT2D eigenvalue weighted by atomic mass is 10.0. The fourth-order valence-electron chi connectivity index (χ4n) is 2.62. The van der Waals surface area contributed by atoms with Gasteiger partial charge in [0.15, 0.2) is 0 Å². The monoisotopic (exact) mass is 289 g/mol. The molecule has 0 aliphatic heterocycles. The van der Waals surface area contributed by atoms with Crippen LogP contribution in [0.5, 0.6) is 0 Å². The smallest absolute Gasteiger partial charge is 0.135 e. The Bertz CT molecular complexity index is 944. The van der Waals surface area contributed by atoms with Crippen molar-refractivity contribution in [2.45, 2.75) is 0 Å². The molecular formula is C19H12FNO. The normalized spacial score (nSPS) is 11.0. The molecule has 0 saturated carbocycles. The van der Waals surface area contributed by atoms with Gasteiger partial charge in [0.25, 0.3) is 0 Å². The summed E-state index contributed by atoms with van der Waals surface area (Å²) in [7, 11) is 0. The minimum absolute atomic E-state index is 0.243. The number of furan rings is 1. The molecule has 0 saturated heterocycles. The summed E-state index contributed by atoms with van der Waals surface area (Å²) in [4.78, 5) is 4.14. The van der Waals surface area contributed by atoms with Crippen molar-refractivity contribution in [1.29, 1.82) is 0 Å². The third-order valence-electron chi connectivity index (χ3n) is 3.71. The number of fused-ring (bicyclic) bond motifs is 1. The second kappa shape index (κ2) is 5.11. The molecule has 22 heavy (non-hydrogen) atoms. The number of hydrogen-bond donors (Lipinski definition) is 0. The fourth-order valence-corrected chi connectivity index (χ4v) is 2.62. The first-order valence-corrected chi connectivity index (χ1v) is 6.99. The van der Waals surface area contributed by atoms with Crippen LogP contribution in [-0.4, -0.2) is 4.98 Å². The van der Waals surface area contributed by atoms with Gasteiger partial charge in [0, 0.05) is 28.9 Å². The van der Waals surface area contributed by atoms with Gasteiger partial charge < -0.3 is 4.42 Å². The second-order valence-electron chi connectivity index (χ2n) is 5.11. The van der Waals surface area contributed by atoms with E-state index < -0.39 is 0 Å². The molecule has 0 fully saturated rings. The first-order chi connectivity index (χ1) is 10.8. The Balaban J connectivity index is 1.84. The second-order valence-corrected chi connectivity index (χ2v) is 5.11. The van der Waals surface area contributed by atoms with E-state index >= 15 is 0 Å². The molecule has 0 aliphatic rings. The number of benzene rings is 2. The Morgan fingerprint density at radius 3 is 2.55 bits per heavy atom. The van der Waals surface area contributed by atoms with Gasteiger partial charge in [-0.05, 0) is 41.5 Å². The number of pyridine rings is 1. The lowest BCUT2D eigenvalue weighted by molar-refractivity contribution is 0.617. The van der Waals surface area contributed by atoms with Crippen molar-refractivity contribution in [3.8, 4) is 22.3 Å². The highest BCUT2D eigenvalue weighted by Crippen LogP contribution is 2.33. The maximum atomic E-state index is 13.4. The highest BCUT2D eigenvalue weighted by atomic mass is 19.1. The van der Waals surface area contributed by atoms with Crippen molar-refractivity contribution in [2.75, 3.05) is 0 Å². The molecule has 2 nitrogen and oxygen atoms in total. The number of rotatable bonds is 2. The van der Waals surface area contributed by atoms with Crippen molar-refractivity contribution >= 4 is 11.0 Å². The van der Waals surface area contributed by atoms with Gasteiger partial charge in [-0.25, -0.2) is 4.39 Å². The van der Waals surface area contributed by atoms with Gasteiger partial charge in [0.05, 0.1) is 6.26 Å². The van der Waals surface area contributed by atoms with Gasteiger partial charge in [-0.2, -0.15) is 0 Å². The Kier molecular flexibility index (Phi) is 2.97. The zero-order valence-electron chi connectivity index (χ0n) is 11.7. The molecule has 0 unspecified atom stereocenters. The Labute approximate surface area is 126 Å². The zero-order chi connectivity index (χ0) is 14.9. The maximum Gasteiger partial charge on any atom is 0.135 e. The molecule has 2 aromatic heterocycles. The molecule has 3 heteroatoms. The van der Waals surface area contributed by atoms with E-state index in [2.05, 4.69) is 4.98 Å². The van der Waals surface area contributed by atoms with Crippen molar-refractivity contribution in [3.05, 3.63) is 79.1 Å². The van der Waals surface area contributed by atoms with Crippen LogP contribution in [0.3, 0.4) is 0 Å². The van der Waals surface area contributed by atoms with E-state index in [1.165, 1.54) is 12.1 Å². The molecule has 0 atom stereocenters.